The van der Waals surface area contributed by atoms with Crippen molar-refractivity contribution < 1.29 is 9.53 Å². The molecule has 2 aromatic heterocycles. The molecule has 0 aliphatic rings. The SMILES string of the molecule is COc1ccc2[nH]c(=O)c(C(=O)NCc3sccc3Cl)cc2c1. The van der Waals surface area contributed by atoms with Gasteiger partial charge in [0.25, 0.3) is 11.5 Å². The molecule has 0 aliphatic carbocycles. The van der Waals surface area contributed by atoms with Gasteiger partial charge in [0.1, 0.15) is 11.3 Å². The van der Waals surface area contributed by atoms with E-state index in [1.807, 2.05) is 5.38 Å². The number of aromatic nitrogens is 1. The van der Waals surface area contributed by atoms with Gasteiger partial charge in [-0.25, -0.2) is 0 Å². The molecule has 0 radical (unpaired) electrons. The minimum atomic E-state index is -0.444. The first kappa shape index (κ1) is 15.6. The molecule has 2 heterocycles. The predicted octanol–water partition coefficient (Wildman–Crippen LogP) is 3.18. The molecule has 0 saturated heterocycles. The molecule has 3 aromatic rings. The number of pyridine rings is 1. The molecule has 1 amide bonds. The van der Waals surface area contributed by atoms with Crippen LogP contribution in [0.15, 0.2) is 40.5 Å². The van der Waals surface area contributed by atoms with E-state index in [2.05, 4.69) is 10.3 Å². The van der Waals surface area contributed by atoms with E-state index in [0.717, 1.165) is 10.3 Å². The van der Waals surface area contributed by atoms with E-state index in [4.69, 9.17) is 16.3 Å². The number of amides is 1. The average molecular weight is 349 g/mol. The molecule has 118 valence electrons. The Morgan fingerprint density at radius 2 is 2.17 bits per heavy atom. The van der Waals surface area contributed by atoms with Crippen molar-refractivity contribution in [1.82, 2.24) is 10.3 Å². The number of benzene rings is 1. The molecule has 1 aromatic carbocycles. The highest BCUT2D eigenvalue weighted by Crippen LogP contribution is 2.22. The highest BCUT2D eigenvalue weighted by molar-refractivity contribution is 7.10. The lowest BCUT2D eigenvalue weighted by Gasteiger charge is -2.06. The number of ether oxygens (including phenoxy) is 1. The van der Waals surface area contributed by atoms with Crippen LogP contribution in [0.3, 0.4) is 0 Å². The Balaban J connectivity index is 1.88. The van der Waals surface area contributed by atoms with Gasteiger partial charge < -0.3 is 15.0 Å². The van der Waals surface area contributed by atoms with Gasteiger partial charge in [0.15, 0.2) is 0 Å². The summed E-state index contributed by atoms with van der Waals surface area (Å²) in [5, 5.41) is 5.89. The number of H-pyrrole nitrogens is 1. The number of carbonyl (C=O) groups excluding carboxylic acids is 1. The molecule has 0 unspecified atom stereocenters. The third-order valence-corrected chi connectivity index (χ3v) is 4.78. The van der Waals surface area contributed by atoms with E-state index in [1.165, 1.54) is 11.3 Å². The molecule has 2 N–H and O–H groups in total. The highest BCUT2D eigenvalue weighted by Gasteiger charge is 2.13. The van der Waals surface area contributed by atoms with Crippen molar-refractivity contribution in [1.29, 1.82) is 0 Å². The number of halogens is 1. The number of nitrogens with one attached hydrogen (secondary N) is 2. The number of hydrogen-bond acceptors (Lipinski definition) is 4. The number of carbonyl (C=O) groups is 1. The summed E-state index contributed by atoms with van der Waals surface area (Å²) in [4.78, 5) is 27.9. The lowest BCUT2D eigenvalue weighted by atomic mass is 10.1. The first-order valence-electron chi connectivity index (χ1n) is 6.79. The third kappa shape index (κ3) is 3.23. The highest BCUT2D eigenvalue weighted by atomic mass is 35.5. The lowest BCUT2D eigenvalue weighted by Crippen LogP contribution is -2.29. The van der Waals surface area contributed by atoms with Gasteiger partial charge in [0.05, 0.1) is 18.7 Å². The van der Waals surface area contributed by atoms with E-state index >= 15 is 0 Å². The van der Waals surface area contributed by atoms with Gasteiger partial charge in [-0.05, 0) is 35.7 Å². The van der Waals surface area contributed by atoms with E-state index in [1.54, 1.807) is 37.4 Å². The Hall–Kier alpha value is -2.31. The Morgan fingerprint density at radius 1 is 1.35 bits per heavy atom. The van der Waals surface area contributed by atoms with Crippen LogP contribution in [0.5, 0.6) is 5.75 Å². The van der Waals surface area contributed by atoms with E-state index in [-0.39, 0.29) is 12.1 Å². The first-order chi connectivity index (χ1) is 11.1. The van der Waals surface area contributed by atoms with Gasteiger partial charge in [-0.2, -0.15) is 0 Å². The maximum absolute atomic E-state index is 12.3. The summed E-state index contributed by atoms with van der Waals surface area (Å²) in [5.74, 6) is 0.210. The van der Waals surface area contributed by atoms with Crippen LogP contribution in [0.4, 0.5) is 0 Å². The van der Waals surface area contributed by atoms with Crippen molar-refractivity contribution in [2.75, 3.05) is 7.11 Å². The maximum Gasteiger partial charge on any atom is 0.261 e. The Morgan fingerprint density at radius 3 is 2.87 bits per heavy atom. The van der Waals surface area contributed by atoms with Crippen molar-refractivity contribution in [3.05, 3.63) is 61.5 Å². The normalized spacial score (nSPS) is 10.7. The van der Waals surface area contributed by atoms with E-state index < -0.39 is 11.5 Å². The fourth-order valence-corrected chi connectivity index (χ4v) is 3.23. The second-order valence-corrected chi connectivity index (χ2v) is 6.25. The van der Waals surface area contributed by atoms with Crippen LogP contribution in [0.2, 0.25) is 5.02 Å². The van der Waals surface area contributed by atoms with Crippen LogP contribution in [0, 0.1) is 0 Å². The van der Waals surface area contributed by atoms with Crippen molar-refractivity contribution in [2.24, 2.45) is 0 Å². The number of fused-ring (bicyclic) bond motifs is 1. The fraction of sp³-hybridized carbons (Fsp3) is 0.125. The average Bonchev–Trinajstić information content (AvgIpc) is 2.96. The largest absolute Gasteiger partial charge is 0.497 e. The summed E-state index contributed by atoms with van der Waals surface area (Å²) >= 11 is 7.44. The molecular weight excluding hydrogens is 336 g/mol. The van der Waals surface area contributed by atoms with Crippen LogP contribution < -0.4 is 15.6 Å². The number of hydrogen-bond donors (Lipinski definition) is 2. The third-order valence-electron chi connectivity index (χ3n) is 3.40. The standard InChI is InChI=1S/C16H13ClN2O3S/c1-22-10-2-3-13-9(6-10)7-11(16(21)19-13)15(20)18-8-14-12(17)4-5-23-14/h2-7H,8H2,1H3,(H,18,20)(H,19,21). The van der Waals surface area contributed by atoms with Crippen molar-refractivity contribution in [2.45, 2.75) is 6.54 Å². The zero-order valence-electron chi connectivity index (χ0n) is 12.2. The smallest absolute Gasteiger partial charge is 0.261 e. The minimum absolute atomic E-state index is 0.0541. The van der Waals surface area contributed by atoms with E-state index in [9.17, 15) is 9.59 Å². The Kier molecular flexibility index (Phi) is 4.36. The maximum atomic E-state index is 12.3. The molecule has 0 aliphatic heterocycles. The molecule has 0 saturated carbocycles. The number of rotatable bonds is 4. The van der Waals surface area contributed by atoms with Gasteiger partial charge in [-0.3, -0.25) is 9.59 Å². The number of thiophene rings is 1. The van der Waals surface area contributed by atoms with Gasteiger partial charge in [-0.15, -0.1) is 11.3 Å². The fourth-order valence-electron chi connectivity index (χ4n) is 2.19. The van der Waals surface area contributed by atoms with Gasteiger partial charge in [-0.1, -0.05) is 11.6 Å². The molecule has 23 heavy (non-hydrogen) atoms. The number of methoxy groups -OCH3 is 1. The van der Waals surface area contributed by atoms with E-state index in [0.29, 0.717) is 16.3 Å². The zero-order valence-corrected chi connectivity index (χ0v) is 13.8. The van der Waals surface area contributed by atoms with Gasteiger partial charge in [0, 0.05) is 15.8 Å². The van der Waals surface area contributed by atoms with Crippen molar-refractivity contribution in [3.8, 4) is 5.75 Å². The molecule has 3 rings (SSSR count). The van der Waals surface area contributed by atoms with Gasteiger partial charge >= 0.3 is 0 Å². The molecule has 0 bridgehead atoms. The topological polar surface area (TPSA) is 71.2 Å². The molecular formula is C16H13ClN2O3S. The molecule has 0 atom stereocenters. The Labute approximate surface area is 140 Å². The van der Waals surface area contributed by atoms with Crippen LogP contribution in [-0.4, -0.2) is 18.0 Å². The van der Waals surface area contributed by atoms with Gasteiger partial charge in [0.2, 0.25) is 0 Å². The summed E-state index contributed by atoms with van der Waals surface area (Å²) in [6, 6.07) is 8.57. The first-order valence-corrected chi connectivity index (χ1v) is 8.05. The lowest BCUT2D eigenvalue weighted by molar-refractivity contribution is 0.0950. The van der Waals surface area contributed by atoms with Crippen LogP contribution in [-0.2, 0) is 6.54 Å². The predicted molar refractivity (Wildman–Crippen MR) is 91.6 cm³/mol. The van der Waals surface area contributed by atoms with Crippen LogP contribution >= 0.6 is 22.9 Å². The second-order valence-electron chi connectivity index (χ2n) is 4.84. The van der Waals surface area contributed by atoms with Crippen LogP contribution in [0.1, 0.15) is 15.2 Å². The summed E-state index contributed by atoms with van der Waals surface area (Å²) in [6.07, 6.45) is 0. The summed E-state index contributed by atoms with van der Waals surface area (Å²) in [6.45, 7) is 0.283. The molecule has 5 nitrogen and oxygen atoms in total. The summed E-state index contributed by atoms with van der Waals surface area (Å²) < 4.78 is 5.16. The van der Waals surface area contributed by atoms with Crippen molar-refractivity contribution >= 4 is 39.7 Å². The summed E-state index contributed by atoms with van der Waals surface area (Å²) in [7, 11) is 1.56. The summed E-state index contributed by atoms with van der Waals surface area (Å²) in [5.41, 5.74) is 0.268. The quantitative estimate of drug-likeness (QED) is 0.760. The molecule has 7 heteroatoms. The Bertz CT molecular complexity index is 932. The second kappa shape index (κ2) is 6.44. The molecule has 0 fully saturated rings. The molecule has 0 spiro atoms. The minimum Gasteiger partial charge on any atom is -0.497 e. The van der Waals surface area contributed by atoms with Crippen molar-refractivity contribution in [3.63, 3.8) is 0 Å². The van der Waals surface area contributed by atoms with Crippen LogP contribution in [0.25, 0.3) is 10.9 Å². The number of aromatic amines is 1. The zero-order chi connectivity index (χ0) is 16.4. The monoisotopic (exact) mass is 348 g/mol.